The molecule has 0 aliphatic carbocycles. The van der Waals surface area contributed by atoms with Crippen LogP contribution in [0.5, 0.6) is 0 Å². The van der Waals surface area contributed by atoms with E-state index in [9.17, 15) is 19.2 Å². The number of likely N-dealkylation sites (tertiary alicyclic amines) is 2. The number of alkyl carbamates (subject to hydrolysis) is 2. The Hall–Kier alpha value is -6.00. The third-order valence-corrected chi connectivity index (χ3v) is 13.6. The number of hydrogen-bond acceptors (Lipinski definition) is 10. The van der Waals surface area contributed by atoms with E-state index in [1.54, 1.807) is 43.4 Å². The van der Waals surface area contributed by atoms with E-state index in [1.165, 1.54) is 11.8 Å². The summed E-state index contributed by atoms with van der Waals surface area (Å²) in [6.07, 6.45) is 5.64. The fraction of sp³-hybridized carbons (Fsp3) is 0.391. The van der Waals surface area contributed by atoms with Gasteiger partial charge in [0.2, 0.25) is 5.91 Å². The molecule has 16 heteroatoms. The highest BCUT2D eigenvalue weighted by molar-refractivity contribution is 7.27. The molecule has 0 saturated carbocycles. The second kappa shape index (κ2) is 17.8. The van der Waals surface area contributed by atoms with Crippen molar-refractivity contribution in [2.75, 3.05) is 20.2 Å². The van der Waals surface area contributed by atoms with Gasteiger partial charge in [0.25, 0.3) is 5.91 Å². The minimum Gasteiger partial charge on any atom is -0.453 e. The fourth-order valence-corrected chi connectivity index (χ4v) is 10.8. The molecule has 8 rings (SSSR count). The van der Waals surface area contributed by atoms with Gasteiger partial charge >= 0.3 is 12.2 Å². The monoisotopic (exact) mass is 876 g/mol. The predicted octanol–water partition coefficient (Wildman–Crippen LogP) is 9.38. The number of aromatic amines is 2. The molecule has 3 unspecified atom stereocenters. The molecule has 4 atom stereocenters. The van der Waals surface area contributed by atoms with Crippen molar-refractivity contribution in [2.24, 2.45) is 5.92 Å². The first-order valence-electron chi connectivity index (χ1n) is 21.0. The van der Waals surface area contributed by atoms with Gasteiger partial charge in [-0.1, -0.05) is 68.4 Å². The van der Waals surface area contributed by atoms with Crippen molar-refractivity contribution in [1.82, 2.24) is 40.4 Å². The number of hydrogen-bond donors (Lipinski definition) is 4. The maximum absolute atomic E-state index is 14.2. The first-order chi connectivity index (χ1) is 29.8. The van der Waals surface area contributed by atoms with E-state index in [1.807, 2.05) is 66.4 Å². The highest BCUT2D eigenvalue weighted by Crippen LogP contribution is 2.45. The van der Waals surface area contributed by atoms with Crippen molar-refractivity contribution < 1.29 is 28.7 Å². The molecule has 2 fully saturated rings. The van der Waals surface area contributed by atoms with Crippen LogP contribution in [0.4, 0.5) is 9.59 Å². The lowest BCUT2D eigenvalue weighted by molar-refractivity contribution is -0.136. The maximum atomic E-state index is 14.2. The summed E-state index contributed by atoms with van der Waals surface area (Å²) >= 11 is 3.38. The van der Waals surface area contributed by atoms with Crippen LogP contribution in [-0.4, -0.2) is 85.6 Å². The summed E-state index contributed by atoms with van der Waals surface area (Å²) in [5, 5.41) is 9.88. The molecule has 4 amide bonds. The van der Waals surface area contributed by atoms with Gasteiger partial charge < -0.3 is 39.9 Å². The average Bonchev–Trinajstić information content (AvgIpc) is 4.11. The predicted molar refractivity (Wildman–Crippen MR) is 240 cm³/mol. The Morgan fingerprint density at radius 1 is 0.806 bits per heavy atom. The molecule has 0 spiro atoms. The Bertz CT molecular complexity index is 2550. The number of rotatable bonds is 11. The zero-order valence-corrected chi connectivity index (χ0v) is 37.3. The van der Waals surface area contributed by atoms with Crippen molar-refractivity contribution in [3.05, 3.63) is 95.0 Å². The van der Waals surface area contributed by atoms with Crippen molar-refractivity contribution in [2.45, 2.75) is 90.1 Å². The number of fused-ring (bicyclic) bond motifs is 1. The normalized spacial score (nSPS) is 17.7. The summed E-state index contributed by atoms with van der Waals surface area (Å²) in [5.41, 5.74) is 5.90. The molecule has 6 aromatic rings. The van der Waals surface area contributed by atoms with E-state index in [0.717, 1.165) is 69.8 Å². The zero-order chi connectivity index (χ0) is 43.7. The number of imidazole rings is 2. The van der Waals surface area contributed by atoms with E-state index in [4.69, 9.17) is 19.4 Å². The summed E-state index contributed by atoms with van der Waals surface area (Å²) in [6.45, 7) is 10.3. The number of H-pyrrole nitrogens is 2. The lowest BCUT2D eigenvalue weighted by Crippen LogP contribution is -2.51. The largest absolute Gasteiger partial charge is 0.453 e. The van der Waals surface area contributed by atoms with Crippen LogP contribution in [0.15, 0.2) is 77.8 Å². The van der Waals surface area contributed by atoms with E-state index in [2.05, 4.69) is 55.6 Å². The summed E-state index contributed by atoms with van der Waals surface area (Å²) < 4.78 is 12.6. The number of ether oxygens (including phenoxy) is 2. The summed E-state index contributed by atoms with van der Waals surface area (Å²) in [5.74, 6) is 0.979. The van der Waals surface area contributed by atoms with Crippen LogP contribution in [0.1, 0.15) is 95.6 Å². The van der Waals surface area contributed by atoms with E-state index in [-0.39, 0.29) is 29.8 Å². The minimum atomic E-state index is -0.907. The standard InChI is InChI=1S/C46H52N8O6S2/c1-26(2)36(51-44(57)59-6)42(55)53-20-10-14-34(53)40-47-22-32(49-40)28-18-16-27(17-19-28)30-24-61-39-31(25-62-38(30)39)33-23-48-41(50-33)35-15-11-21-54(35)43(56)37(29-12-8-7-9-13-29)52-45(58)60-46(3,4)5/h7-9,12-13,16-19,22-26,34-37H,10-11,14-15,20-21H2,1-6H3,(H,47,49)(H,48,50)(H,51,57)(H,52,58)/t34?,35?,36-,37?/m0/s1. The number of nitrogens with one attached hydrogen (secondary N) is 4. The number of methoxy groups -OCH3 is 1. The van der Waals surface area contributed by atoms with Gasteiger partial charge in [0.15, 0.2) is 0 Å². The third kappa shape index (κ3) is 8.84. The van der Waals surface area contributed by atoms with Gasteiger partial charge in [-0.3, -0.25) is 9.59 Å². The number of amides is 4. The molecule has 2 saturated heterocycles. The Balaban J connectivity index is 0.964. The number of benzene rings is 2. The van der Waals surface area contributed by atoms with Gasteiger partial charge in [0, 0.05) is 46.7 Å². The zero-order valence-electron chi connectivity index (χ0n) is 35.7. The number of carbonyl (C=O) groups is 4. The smallest absolute Gasteiger partial charge is 0.408 e. The number of carbonyl (C=O) groups excluding carboxylic acids is 4. The van der Waals surface area contributed by atoms with Crippen LogP contribution >= 0.6 is 22.7 Å². The Morgan fingerprint density at radius 3 is 2.10 bits per heavy atom. The molecule has 2 aromatic carbocycles. The van der Waals surface area contributed by atoms with Crippen molar-refractivity contribution in [1.29, 1.82) is 0 Å². The van der Waals surface area contributed by atoms with Crippen molar-refractivity contribution in [3.8, 4) is 33.6 Å². The van der Waals surface area contributed by atoms with E-state index in [0.29, 0.717) is 24.5 Å². The van der Waals surface area contributed by atoms with Crippen LogP contribution in [-0.2, 0) is 19.1 Å². The Kier molecular flexibility index (Phi) is 12.2. The Morgan fingerprint density at radius 2 is 1.44 bits per heavy atom. The molecule has 2 aliphatic rings. The number of aromatic nitrogens is 4. The molecule has 6 heterocycles. The van der Waals surface area contributed by atoms with Gasteiger partial charge in [0.1, 0.15) is 29.3 Å². The van der Waals surface area contributed by atoms with Crippen molar-refractivity contribution in [3.63, 3.8) is 0 Å². The number of thiophene rings is 2. The summed E-state index contributed by atoms with van der Waals surface area (Å²) in [6, 6.07) is 15.5. The van der Waals surface area contributed by atoms with Gasteiger partial charge in [-0.2, -0.15) is 0 Å². The summed E-state index contributed by atoms with van der Waals surface area (Å²) in [4.78, 5) is 73.0. The van der Waals surface area contributed by atoms with Crippen LogP contribution in [0, 0.1) is 5.92 Å². The molecule has 0 bridgehead atoms. The molecule has 324 valence electrons. The van der Waals surface area contributed by atoms with Gasteiger partial charge in [-0.25, -0.2) is 19.6 Å². The highest BCUT2D eigenvalue weighted by atomic mass is 32.1. The van der Waals surface area contributed by atoms with Gasteiger partial charge in [-0.05, 0) is 63.5 Å². The van der Waals surface area contributed by atoms with Crippen LogP contribution in [0.25, 0.3) is 43.0 Å². The van der Waals surface area contributed by atoms with Gasteiger partial charge in [0.05, 0.1) is 46.2 Å². The molecule has 4 N–H and O–H groups in total. The van der Waals surface area contributed by atoms with E-state index >= 15 is 0 Å². The van der Waals surface area contributed by atoms with E-state index < -0.39 is 29.9 Å². The quantitative estimate of drug-likeness (QED) is 0.0996. The second-order valence-corrected chi connectivity index (χ2v) is 18.9. The first kappa shape index (κ1) is 42.7. The van der Waals surface area contributed by atoms with Gasteiger partial charge in [-0.15, -0.1) is 22.7 Å². The Labute approximate surface area is 368 Å². The maximum Gasteiger partial charge on any atom is 0.408 e. The highest BCUT2D eigenvalue weighted by Gasteiger charge is 2.39. The number of nitrogens with zero attached hydrogens (tertiary/aromatic N) is 4. The summed E-state index contributed by atoms with van der Waals surface area (Å²) in [7, 11) is 1.29. The molecular formula is C46H52N8O6S2. The third-order valence-electron chi connectivity index (χ3n) is 11.4. The molecule has 14 nitrogen and oxygen atoms in total. The molecule has 0 radical (unpaired) electrons. The molecular weight excluding hydrogens is 825 g/mol. The SMILES string of the molecule is COC(=O)N[C@H](C(=O)N1CCCC1c1nc(-c2ccc(-c3csc4c(-c5cnc(C6CCCN6C(=O)C(NC(=O)OC(C)(C)C)c6ccccc6)[nH]5)csc34)cc2)c[nH]1)C(C)C. The van der Waals surface area contributed by atoms with Crippen LogP contribution < -0.4 is 10.6 Å². The second-order valence-electron chi connectivity index (χ2n) is 17.1. The molecule has 4 aromatic heterocycles. The van der Waals surface area contributed by atoms with Crippen molar-refractivity contribution >= 4 is 56.1 Å². The lowest BCUT2D eigenvalue weighted by atomic mass is 10.0. The topological polar surface area (TPSA) is 175 Å². The van der Waals surface area contributed by atoms with Crippen LogP contribution in [0.2, 0.25) is 0 Å². The van der Waals surface area contributed by atoms with Crippen LogP contribution in [0.3, 0.4) is 0 Å². The first-order valence-corrected chi connectivity index (χ1v) is 22.8. The fourth-order valence-electron chi connectivity index (χ4n) is 8.36. The molecule has 62 heavy (non-hydrogen) atoms. The average molecular weight is 877 g/mol. The molecule has 2 aliphatic heterocycles. The lowest BCUT2D eigenvalue weighted by Gasteiger charge is -2.29. The minimum absolute atomic E-state index is 0.110.